The van der Waals surface area contributed by atoms with Crippen LogP contribution in [0.4, 0.5) is 18.9 Å². The number of fused-ring (bicyclic) bond motifs is 1. The Bertz CT molecular complexity index is 696. The van der Waals surface area contributed by atoms with Gasteiger partial charge in [0.1, 0.15) is 0 Å². The first-order valence-electron chi connectivity index (χ1n) is 9.27. The van der Waals surface area contributed by atoms with Crippen molar-refractivity contribution in [1.29, 1.82) is 0 Å². The molecule has 3 rings (SSSR count). The smallest absolute Gasteiger partial charge is 0.475 e. The van der Waals surface area contributed by atoms with E-state index in [0.29, 0.717) is 12.6 Å². The third-order valence-electron chi connectivity index (χ3n) is 5.09. The van der Waals surface area contributed by atoms with Gasteiger partial charge in [0.2, 0.25) is 5.91 Å². The molecule has 0 radical (unpaired) electrons. The molecule has 1 aromatic rings. The van der Waals surface area contributed by atoms with Gasteiger partial charge < -0.3 is 21.1 Å². The maximum Gasteiger partial charge on any atom is 0.490 e. The molecule has 2 aliphatic rings. The molecule has 1 amide bonds. The lowest BCUT2D eigenvalue weighted by Crippen LogP contribution is -2.39. The second-order valence-electron chi connectivity index (χ2n) is 7.24. The van der Waals surface area contributed by atoms with Crippen LogP contribution in [0.3, 0.4) is 0 Å². The van der Waals surface area contributed by atoms with Gasteiger partial charge in [0.15, 0.2) is 0 Å². The number of carbonyl (C=O) groups excluding carboxylic acids is 1. The molecule has 1 aliphatic carbocycles. The maximum absolute atomic E-state index is 12.1. The molecule has 1 saturated carbocycles. The number of hydrogen-bond donors (Lipinski definition) is 3. The maximum atomic E-state index is 12.1. The molecule has 9 heteroatoms. The fourth-order valence-electron chi connectivity index (χ4n) is 3.67. The van der Waals surface area contributed by atoms with Crippen LogP contribution < -0.4 is 16.0 Å². The predicted molar refractivity (Wildman–Crippen MR) is 99.0 cm³/mol. The number of carbonyl (C=O) groups is 2. The van der Waals surface area contributed by atoms with E-state index in [4.69, 9.17) is 15.6 Å². The number of para-hydroxylation sites is 1. The number of aliphatic carboxylic acids is 1. The molecule has 6 nitrogen and oxygen atoms in total. The minimum absolute atomic E-state index is 0.128. The van der Waals surface area contributed by atoms with Crippen molar-refractivity contribution < 1.29 is 27.9 Å². The van der Waals surface area contributed by atoms with Crippen LogP contribution in [-0.4, -0.2) is 48.3 Å². The van der Waals surface area contributed by atoms with Crippen LogP contribution in [0.5, 0.6) is 0 Å². The number of carboxylic acid groups (broad SMARTS) is 1. The van der Waals surface area contributed by atoms with Gasteiger partial charge in [-0.05, 0) is 44.2 Å². The van der Waals surface area contributed by atoms with Gasteiger partial charge in [-0.25, -0.2) is 4.79 Å². The lowest BCUT2D eigenvalue weighted by molar-refractivity contribution is -0.192. The molecular weight excluding hydrogens is 375 g/mol. The third-order valence-corrected chi connectivity index (χ3v) is 5.09. The fraction of sp³-hybridized carbons (Fsp3) is 0.579. The molecule has 0 aromatic heterocycles. The number of carboxylic acids is 1. The van der Waals surface area contributed by atoms with Crippen LogP contribution in [0.2, 0.25) is 0 Å². The van der Waals surface area contributed by atoms with Crippen molar-refractivity contribution in [1.82, 2.24) is 5.32 Å². The first-order chi connectivity index (χ1) is 13.1. The predicted octanol–water partition coefficient (Wildman–Crippen LogP) is 2.31. The van der Waals surface area contributed by atoms with Gasteiger partial charge in [-0.1, -0.05) is 18.2 Å². The second kappa shape index (κ2) is 9.27. The number of anilines is 1. The average Bonchev–Trinajstić information content (AvgIpc) is 3.18. The van der Waals surface area contributed by atoms with Crippen LogP contribution in [0.15, 0.2) is 24.3 Å². The fourth-order valence-corrected chi connectivity index (χ4v) is 3.67. The number of hydrogen-bond acceptors (Lipinski definition) is 4. The molecule has 1 heterocycles. The molecule has 1 aromatic carbocycles. The summed E-state index contributed by atoms with van der Waals surface area (Å²) in [5.41, 5.74) is 8.61. The normalized spacial score (nSPS) is 23.6. The summed E-state index contributed by atoms with van der Waals surface area (Å²) in [6.07, 6.45) is -1.22. The molecule has 3 atom stereocenters. The summed E-state index contributed by atoms with van der Waals surface area (Å²) in [5, 5.41) is 10.2. The highest BCUT2D eigenvalue weighted by Crippen LogP contribution is 2.31. The van der Waals surface area contributed by atoms with Gasteiger partial charge in [-0.3, -0.25) is 4.79 Å². The van der Waals surface area contributed by atoms with Crippen molar-refractivity contribution in [2.24, 2.45) is 11.7 Å². The standard InChI is InChI=1S/C17H25N3O.C2HF3O2/c1-12-10-13-4-2-3-5-16(13)20(12)9-8-19-17(21)14-6-7-15(18)11-14;3-2(4,5)1(6)7/h2-5,12,14-15H,6-11,18H2,1H3,(H,19,21);(H,6,7). The molecule has 3 unspecified atom stereocenters. The summed E-state index contributed by atoms with van der Waals surface area (Å²) in [4.78, 5) is 23.4. The lowest BCUT2D eigenvalue weighted by Gasteiger charge is -2.25. The minimum Gasteiger partial charge on any atom is -0.475 e. The Hall–Kier alpha value is -2.29. The highest BCUT2D eigenvalue weighted by atomic mass is 19.4. The summed E-state index contributed by atoms with van der Waals surface area (Å²) in [5.74, 6) is -2.45. The van der Waals surface area contributed by atoms with Crippen molar-refractivity contribution in [2.45, 2.75) is 50.9 Å². The number of halogens is 3. The zero-order chi connectivity index (χ0) is 20.9. The number of rotatable bonds is 4. The van der Waals surface area contributed by atoms with Crippen LogP contribution in [0.1, 0.15) is 31.7 Å². The Morgan fingerprint density at radius 1 is 1.29 bits per heavy atom. The Balaban J connectivity index is 0.000000345. The molecule has 1 fully saturated rings. The zero-order valence-electron chi connectivity index (χ0n) is 15.7. The highest BCUT2D eigenvalue weighted by Gasteiger charge is 2.38. The Morgan fingerprint density at radius 3 is 2.50 bits per heavy atom. The Morgan fingerprint density at radius 2 is 1.93 bits per heavy atom. The zero-order valence-corrected chi connectivity index (χ0v) is 15.7. The molecule has 28 heavy (non-hydrogen) atoms. The van der Waals surface area contributed by atoms with Gasteiger partial charge in [-0.15, -0.1) is 0 Å². The van der Waals surface area contributed by atoms with Gasteiger partial charge in [0.05, 0.1) is 0 Å². The number of nitrogens with one attached hydrogen (secondary N) is 1. The number of nitrogens with zero attached hydrogens (tertiary/aromatic N) is 1. The van der Waals surface area contributed by atoms with E-state index in [1.165, 1.54) is 11.3 Å². The van der Waals surface area contributed by atoms with E-state index in [9.17, 15) is 18.0 Å². The molecule has 4 N–H and O–H groups in total. The Labute approximate surface area is 161 Å². The molecular formula is C19H26F3N3O3. The van der Waals surface area contributed by atoms with Crippen LogP contribution in [0, 0.1) is 5.92 Å². The van der Waals surface area contributed by atoms with E-state index in [0.717, 1.165) is 32.2 Å². The first-order valence-corrected chi connectivity index (χ1v) is 9.27. The van der Waals surface area contributed by atoms with Crippen molar-refractivity contribution in [3.63, 3.8) is 0 Å². The Kier molecular flexibility index (Phi) is 7.29. The molecule has 0 spiro atoms. The van der Waals surface area contributed by atoms with Gasteiger partial charge in [0, 0.05) is 36.8 Å². The monoisotopic (exact) mass is 401 g/mol. The summed E-state index contributed by atoms with van der Waals surface area (Å²) in [6.45, 7) is 3.84. The summed E-state index contributed by atoms with van der Waals surface area (Å²) in [7, 11) is 0. The second-order valence-corrected chi connectivity index (χ2v) is 7.24. The van der Waals surface area contributed by atoms with Crippen molar-refractivity contribution in [3.8, 4) is 0 Å². The summed E-state index contributed by atoms with van der Waals surface area (Å²) >= 11 is 0. The quantitative estimate of drug-likeness (QED) is 0.720. The topological polar surface area (TPSA) is 95.7 Å². The van der Waals surface area contributed by atoms with Crippen LogP contribution >= 0.6 is 0 Å². The van der Waals surface area contributed by atoms with E-state index in [1.54, 1.807) is 0 Å². The molecule has 1 aliphatic heterocycles. The van der Waals surface area contributed by atoms with Crippen molar-refractivity contribution in [2.75, 3.05) is 18.0 Å². The minimum atomic E-state index is -5.08. The van der Waals surface area contributed by atoms with Crippen molar-refractivity contribution in [3.05, 3.63) is 29.8 Å². The van der Waals surface area contributed by atoms with E-state index >= 15 is 0 Å². The van der Waals surface area contributed by atoms with E-state index in [1.807, 2.05) is 0 Å². The van der Waals surface area contributed by atoms with Gasteiger partial charge >= 0.3 is 12.1 Å². The molecule has 0 saturated heterocycles. The van der Waals surface area contributed by atoms with Crippen LogP contribution in [-0.2, 0) is 16.0 Å². The van der Waals surface area contributed by atoms with E-state index in [-0.39, 0.29) is 17.9 Å². The molecule has 156 valence electrons. The number of alkyl halides is 3. The summed E-state index contributed by atoms with van der Waals surface area (Å²) < 4.78 is 31.7. The first kappa shape index (κ1) is 22.0. The molecule has 0 bridgehead atoms. The number of amides is 1. The van der Waals surface area contributed by atoms with E-state index < -0.39 is 12.1 Å². The highest BCUT2D eigenvalue weighted by molar-refractivity contribution is 5.79. The largest absolute Gasteiger partial charge is 0.490 e. The lowest BCUT2D eigenvalue weighted by atomic mass is 10.1. The van der Waals surface area contributed by atoms with E-state index in [2.05, 4.69) is 41.4 Å². The van der Waals surface area contributed by atoms with Crippen molar-refractivity contribution >= 4 is 17.6 Å². The van der Waals surface area contributed by atoms with Crippen LogP contribution in [0.25, 0.3) is 0 Å². The summed E-state index contributed by atoms with van der Waals surface area (Å²) in [6, 6.07) is 9.29. The third kappa shape index (κ3) is 5.85. The number of benzene rings is 1. The average molecular weight is 401 g/mol. The number of nitrogens with two attached hydrogens (primary N) is 1. The van der Waals surface area contributed by atoms with Gasteiger partial charge in [-0.2, -0.15) is 13.2 Å². The SMILES string of the molecule is CC1Cc2ccccc2N1CCNC(=O)C1CCC(N)C1.O=C(O)C(F)(F)F. The van der Waals surface area contributed by atoms with Gasteiger partial charge in [0.25, 0.3) is 0 Å².